The molecule has 1 atom stereocenters. The average molecular weight is 333 g/mol. The van der Waals surface area contributed by atoms with Gasteiger partial charge in [0.1, 0.15) is 0 Å². The van der Waals surface area contributed by atoms with Gasteiger partial charge in [0.15, 0.2) is 11.6 Å². The van der Waals surface area contributed by atoms with E-state index in [0.29, 0.717) is 16.1 Å². The van der Waals surface area contributed by atoms with Crippen LogP contribution < -0.4 is 5.73 Å². The van der Waals surface area contributed by atoms with Crippen LogP contribution in [0, 0.1) is 11.6 Å². The van der Waals surface area contributed by atoms with Crippen molar-refractivity contribution in [3.05, 3.63) is 68.7 Å². The molecular formula is C13H9BrClF2N. The quantitative estimate of drug-likeness (QED) is 0.865. The van der Waals surface area contributed by atoms with Crippen molar-refractivity contribution < 1.29 is 8.78 Å². The van der Waals surface area contributed by atoms with Crippen molar-refractivity contribution in [1.29, 1.82) is 0 Å². The van der Waals surface area contributed by atoms with E-state index < -0.39 is 17.7 Å². The number of nitrogens with two attached hydrogens (primary N) is 1. The van der Waals surface area contributed by atoms with Crippen molar-refractivity contribution >= 4 is 27.5 Å². The van der Waals surface area contributed by atoms with Crippen molar-refractivity contribution in [2.24, 2.45) is 5.73 Å². The van der Waals surface area contributed by atoms with Crippen LogP contribution in [0.3, 0.4) is 0 Å². The molecule has 0 radical (unpaired) electrons. The smallest absolute Gasteiger partial charge is 0.159 e. The highest BCUT2D eigenvalue weighted by Gasteiger charge is 2.15. The summed E-state index contributed by atoms with van der Waals surface area (Å²) in [5.74, 6) is -1.82. The molecule has 0 aliphatic rings. The highest BCUT2D eigenvalue weighted by Crippen LogP contribution is 2.29. The molecule has 0 saturated heterocycles. The molecule has 2 N–H and O–H groups in total. The van der Waals surface area contributed by atoms with Gasteiger partial charge < -0.3 is 5.73 Å². The molecule has 5 heteroatoms. The molecule has 2 aromatic carbocycles. The molecule has 1 unspecified atom stereocenters. The van der Waals surface area contributed by atoms with Crippen molar-refractivity contribution in [3.8, 4) is 0 Å². The molecule has 1 nitrogen and oxygen atoms in total. The largest absolute Gasteiger partial charge is 0.320 e. The standard InChI is InChI=1S/C13H9BrClF2N/c14-8-2-3-10(15)9(6-8)13(18)7-1-4-11(16)12(17)5-7/h1-6,13H,18H2. The average Bonchev–Trinajstić information content (AvgIpc) is 2.35. The van der Waals surface area contributed by atoms with Crippen molar-refractivity contribution in [3.63, 3.8) is 0 Å². The minimum absolute atomic E-state index is 0.467. The topological polar surface area (TPSA) is 26.0 Å². The highest BCUT2D eigenvalue weighted by atomic mass is 79.9. The predicted octanol–water partition coefficient (Wildman–Crippen LogP) is 4.43. The summed E-state index contributed by atoms with van der Waals surface area (Å²) in [4.78, 5) is 0. The first-order chi connectivity index (χ1) is 8.49. The summed E-state index contributed by atoms with van der Waals surface area (Å²) in [6.07, 6.45) is 0. The van der Waals surface area contributed by atoms with E-state index in [0.717, 1.165) is 16.6 Å². The maximum absolute atomic E-state index is 13.2. The van der Waals surface area contributed by atoms with Gasteiger partial charge in [-0.1, -0.05) is 33.6 Å². The number of halogens is 4. The molecule has 0 aliphatic heterocycles. The van der Waals surface area contributed by atoms with Crippen LogP contribution in [0.1, 0.15) is 17.2 Å². The second-order valence-corrected chi connectivity index (χ2v) is 5.14. The summed E-state index contributed by atoms with van der Waals surface area (Å²) in [7, 11) is 0. The fraction of sp³-hybridized carbons (Fsp3) is 0.0769. The van der Waals surface area contributed by atoms with E-state index >= 15 is 0 Å². The van der Waals surface area contributed by atoms with Gasteiger partial charge in [-0.2, -0.15) is 0 Å². The highest BCUT2D eigenvalue weighted by molar-refractivity contribution is 9.10. The second-order valence-electron chi connectivity index (χ2n) is 3.82. The molecule has 2 aromatic rings. The van der Waals surface area contributed by atoms with E-state index in [1.165, 1.54) is 6.07 Å². The number of benzene rings is 2. The van der Waals surface area contributed by atoms with Crippen molar-refractivity contribution in [2.75, 3.05) is 0 Å². The van der Waals surface area contributed by atoms with Gasteiger partial charge in [0.2, 0.25) is 0 Å². The molecule has 0 amide bonds. The lowest BCUT2D eigenvalue weighted by molar-refractivity contribution is 0.506. The normalized spacial score (nSPS) is 12.5. The van der Waals surface area contributed by atoms with E-state index in [4.69, 9.17) is 17.3 Å². The van der Waals surface area contributed by atoms with Gasteiger partial charge in [-0.05, 0) is 41.5 Å². The third-order valence-electron chi connectivity index (χ3n) is 2.60. The molecule has 0 aromatic heterocycles. The van der Waals surface area contributed by atoms with Gasteiger partial charge in [-0.15, -0.1) is 0 Å². The Morgan fingerprint density at radius 1 is 1.06 bits per heavy atom. The summed E-state index contributed by atoms with van der Waals surface area (Å²) < 4.78 is 26.8. The third kappa shape index (κ3) is 2.71. The molecular weight excluding hydrogens is 324 g/mol. The molecule has 18 heavy (non-hydrogen) atoms. The Bertz CT molecular complexity index is 589. The van der Waals surface area contributed by atoms with Gasteiger partial charge >= 0.3 is 0 Å². The lowest BCUT2D eigenvalue weighted by atomic mass is 9.99. The van der Waals surface area contributed by atoms with Crippen molar-refractivity contribution in [1.82, 2.24) is 0 Å². The molecule has 0 fully saturated rings. The number of hydrogen-bond donors (Lipinski definition) is 1. The monoisotopic (exact) mass is 331 g/mol. The maximum atomic E-state index is 13.2. The van der Waals surface area contributed by atoms with Gasteiger partial charge in [-0.25, -0.2) is 8.78 Å². The second kappa shape index (κ2) is 5.34. The zero-order valence-electron chi connectivity index (χ0n) is 9.13. The van der Waals surface area contributed by atoms with Crippen LogP contribution in [0.2, 0.25) is 5.02 Å². The van der Waals surface area contributed by atoms with Crippen molar-refractivity contribution in [2.45, 2.75) is 6.04 Å². The summed E-state index contributed by atoms with van der Waals surface area (Å²) >= 11 is 9.36. The van der Waals surface area contributed by atoms with Crippen LogP contribution in [0.5, 0.6) is 0 Å². The Labute approximate surface area is 117 Å². The van der Waals surface area contributed by atoms with Crippen LogP contribution in [-0.4, -0.2) is 0 Å². The summed E-state index contributed by atoms with van der Waals surface area (Å²) in [5, 5.41) is 0.482. The Morgan fingerprint density at radius 3 is 2.44 bits per heavy atom. The molecule has 0 spiro atoms. The third-order valence-corrected chi connectivity index (χ3v) is 3.43. The Kier molecular flexibility index (Phi) is 4.00. The Balaban J connectivity index is 2.44. The first-order valence-corrected chi connectivity index (χ1v) is 6.31. The Hall–Kier alpha value is -0.970. The summed E-state index contributed by atoms with van der Waals surface area (Å²) in [6.45, 7) is 0. The molecule has 0 aliphatic carbocycles. The van der Waals surface area contributed by atoms with E-state index in [2.05, 4.69) is 15.9 Å². The van der Waals surface area contributed by atoms with E-state index in [1.807, 2.05) is 0 Å². The fourth-order valence-corrected chi connectivity index (χ4v) is 2.25. The van der Waals surface area contributed by atoms with Crippen LogP contribution in [0.15, 0.2) is 40.9 Å². The summed E-state index contributed by atoms with van der Waals surface area (Å²) in [5.41, 5.74) is 7.13. The van der Waals surface area contributed by atoms with Gasteiger partial charge in [0.05, 0.1) is 6.04 Å². The van der Waals surface area contributed by atoms with E-state index in [-0.39, 0.29) is 0 Å². The first-order valence-electron chi connectivity index (χ1n) is 5.14. The predicted molar refractivity (Wildman–Crippen MR) is 71.5 cm³/mol. The first kappa shape index (κ1) is 13.5. The molecule has 2 rings (SSSR count). The zero-order valence-corrected chi connectivity index (χ0v) is 11.5. The molecule has 0 bridgehead atoms. The van der Waals surface area contributed by atoms with E-state index in [1.54, 1.807) is 18.2 Å². The molecule has 0 saturated carbocycles. The minimum atomic E-state index is -0.922. The van der Waals surface area contributed by atoms with Crippen LogP contribution in [-0.2, 0) is 0 Å². The molecule has 94 valence electrons. The zero-order chi connectivity index (χ0) is 13.3. The van der Waals surface area contributed by atoms with E-state index in [9.17, 15) is 8.78 Å². The fourth-order valence-electron chi connectivity index (χ4n) is 1.64. The SMILES string of the molecule is NC(c1ccc(F)c(F)c1)c1cc(Br)ccc1Cl. The minimum Gasteiger partial charge on any atom is -0.320 e. The number of rotatable bonds is 2. The van der Waals surface area contributed by atoms with Gasteiger partial charge in [0, 0.05) is 9.50 Å². The van der Waals surface area contributed by atoms with Crippen LogP contribution in [0.4, 0.5) is 8.78 Å². The lowest BCUT2D eigenvalue weighted by Crippen LogP contribution is -2.13. The van der Waals surface area contributed by atoms with Gasteiger partial charge in [-0.3, -0.25) is 0 Å². The lowest BCUT2D eigenvalue weighted by Gasteiger charge is -2.15. The van der Waals surface area contributed by atoms with Gasteiger partial charge in [0.25, 0.3) is 0 Å². The Morgan fingerprint density at radius 2 is 1.78 bits per heavy atom. The molecule has 0 heterocycles. The van der Waals surface area contributed by atoms with Crippen LogP contribution >= 0.6 is 27.5 Å². The summed E-state index contributed by atoms with van der Waals surface area (Å²) in [6, 6.07) is 8.21. The van der Waals surface area contributed by atoms with Crippen LogP contribution in [0.25, 0.3) is 0 Å². The number of hydrogen-bond acceptors (Lipinski definition) is 1. The maximum Gasteiger partial charge on any atom is 0.159 e.